The van der Waals surface area contributed by atoms with Gasteiger partial charge >= 0.3 is 6.03 Å². The Bertz CT molecular complexity index is 1260. The molecule has 2 heterocycles. The molecule has 1 aliphatic heterocycles. The van der Waals surface area contributed by atoms with Crippen LogP contribution in [0.15, 0.2) is 72.9 Å². The monoisotopic (exact) mass is 486 g/mol. The van der Waals surface area contributed by atoms with Gasteiger partial charge in [-0.15, -0.1) is 0 Å². The number of rotatable bonds is 7. The van der Waals surface area contributed by atoms with Gasteiger partial charge in [0.15, 0.2) is 0 Å². The fourth-order valence-corrected chi connectivity index (χ4v) is 4.65. The highest BCUT2D eigenvalue weighted by Crippen LogP contribution is 2.32. The van der Waals surface area contributed by atoms with Crippen molar-refractivity contribution in [3.63, 3.8) is 0 Å². The number of pyridine rings is 1. The average Bonchev–Trinajstić information content (AvgIpc) is 3.19. The molecule has 0 radical (unpaired) electrons. The van der Waals surface area contributed by atoms with E-state index in [4.69, 9.17) is 15.2 Å². The van der Waals surface area contributed by atoms with E-state index in [9.17, 15) is 14.4 Å². The molecular weight excluding hydrogens is 460 g/mol. The van der Waals surface area contributed by atoms with Gasteiger partial charge in [0.05, 0.1) is 0 Å². The van der Waals surface area contributed by atoms with Gasteiger partial charge in [0, 0.05) is 17.9 Å². The van der Waals surface area contributed by atoms with E-state index in [0.717, 1.165) is 5.75 Å². The number of primary amides is 1. The molecule has 2 fully saturated rings. The van der Waals surface area contributed by atoms with Gasteiger partial charge in [0.2, 0.25) is 5.88 Å². The van der Waals surface area contributed by atoms with E-state index in [1.807, 2.05) is 30.3 Å². The van der Waals surface area contributed by atoms with Gasteiger partial charge in [-0.3, -0.25) is 19.4 Å². The van der Waals surface area contributed by atoms with Gasteiger partial charge in [0.1, 0.15) is 29.7 Å². The van der Waals surface area contributed by atoms with Crippen molar-refractivity contribution in [1.29, 1.82) is 0 Å². The first kappa shape index (κ1) is 23.3. The maximum Gasteiger partial charge on any atom is 0.331 e. The lowest BCUT2D eigenvalue weighted by Crippen LogP contribution is -2.44. The number of imide groups is 1. The third kappa shape index (κ3) is 4.86. The van der Waals surface area contributed by atoms with E-state index >= 15 is 0 Å². The van der Waals surface area contributed by atoms with Crippen LogP contribution in [0.5, 0.6) is 17.4 Å². The predicted octanol–water partition coefficient (Wildman–Crippen LogP) is 4.13. The van der Waals surface area contributed by atoms with Crippen LogP contribution in [0, 0.1) is 0 Å². The number of ether oxygens (including phenoxy) is 2. The molecule has 1 saturated carbocycles. The molecule has 4 amide bonds. The first-order chi connectivity index (χ1) is 17.5. The minimum Gasteiger partial charge on any atom is -0.474 e. The summed E-state index contributed by atoms with van der Waals surface area (Å²) in [6.45, 7) is 0.00403. The van der Waals surface area contributed by atoms with E-state index in [1.54, 1.807) is 42.6 Å². The van der Waals surface area contributed by atoms with Crippen LogP contribution in [0.3, 0.4) is 0 Å². The molecule has 5 rings (SSSR count). The topological polar surface area (TPSA) is 115 Å². The lowest BCUT2D eigenvalue weighted by atomic mass is 9.92. The zero-order valence-electron chi connectivity index (χ0n) is 19.6. The molecule has 0 bridgehead atoms. The quantitative estimate of drug-likeness (QED) is 0.502. The average molecular weight is 487 g/mol. The number of carbonyl (C=O) groups excluding carboxylic acids is 3. The molecule has 1 aromatic heterocycles. The predicted molar refractivity (Wildman–Crippen MR) is 132 cm³/mol. The summed E-state index contributed by atoms with van der Waals surface area (Å²) in [5, 5.41) is 0. The fourth-order valence-electron chi connectivity index (χ4n) is 4.65. The number of nitrogens with two attached hydrogens (primary N) is 1. The molecule has 0 atom stereocenters. The highest BCUT2D eigenvalue weighted by Gasteiger charge is 2.42. The van der Waals surface area contributed by atoms with Crippen LogP contribution < -0.4 is 20.1 Å². The number of carbonyl (C=O) groups is 3. The minimum absolute atomic E-state index is 0.00403. The summed E-state index contributed by atoms with van der Waals surface area (Å²) in [5.74, 6) is 0.769. The summed E-state index contributed by atoms with van der Waals surface area (Å²) in [7, 11) is 0. The fraction of sp³-hybridized carbons (Fsp3) is 0.259. The second-order valence-electron chi connectivity index (χ2n) is 8.81. The van der Waals surface area contributed by atoms with E-state index in [1.165, 1.54) is 9.80 Å². The number of amides is 4. The molecule has 0 unspecified atom stereocenters. The molecule has 36 heavy (non-hydrogen) atoms. The molecule has 2 aromatic carbocycles. The van der Waals surface area contributed by atoms with Crippen molar-refractivity contribution in [3.05, 3.63) is 78.5 Å². The number of aromatic nitrogens is 1. The number of urea groups is 1. The number of hydrogen-bond acceptors (Lipinski definition) is 6. The maximum absolute atomic E-state index is 13.2. The molecule has 1 saturated heterocycles. The number of nitrogens with zero attached hydrogens (tertiary/aromatic N) is 3. The van der Waals surface area contributed by atoms with Crippen LogP contribution in [0.2, 0.25) is 0 Å². The lowest BCUT2D eigenvalue weighted by molar-refractivity contribution is -0.127. The van der Waals surface area contributed by atoms with Crippen LogP contribution in [-0.4, -0.2) is 46.4 Å². The van der Waals surface area contributed by atoms with Crippen LogP contribution in [0.25, 0.3) is 0 Å². The van der Waals surface area contributed by atoms with Crippen LogP contribution in [0.4, 0.5) is 10.5 Å². The molecule has 1 aliphatic carbocycles. The second kappa shape index (κ2) is 10.1. The molecule has 9 nitrogen and oxygen atoms in total. The highest BCUT2D eigenvalue weighted by atomic mass is 16.5. The Morgan fingerprint density at radius 3 is 2.28 bits per heavy atom. The van der Waals surface area contributed by atoms with E-state index < -0.39 is 5.91 Å². The molecule has 3 aromatic rings. The van der Waals surface area contributed by atoms with Crippen molar-refractivity contribution in [1.82, 2.24) is 9.88 Å². The van der Waals surface area contributed by atoms with Crippen molar-refractivity contribution in [2.75, 3.05) is 11.4 Å². The standard InChI is InChI=1S/C27H26N4O5/c28-25(33)23-7-4-16-29-26(23)36-22-14-10-19(11-15-22)31-24(32)17-30(27(31)34)18-8-12-21(13-9-18)35-20-5-2-1-3-6-20/h1-9,12-13,16,19,22H,10-11,14-15,17H2,(H2,28,33)/t19-,22-. The number of anilines is 1. The zero-order chi connectivity index (χ0) is 25.1. The van der Waals surface area contributed by atoms with Crippen LogP contribution in [-0.2, 0) is 4.79 Å². The summed E-state index contributed by atoms with van der Waals surface area (Å²) in [6.07, 6.45) is 3.85. The summed E-state index contributed by atoms with van der Waals surface area (Å²) in [6, 6.07) is 19.2. The molecule has 2 aliphatic rings. The van der Waals surface area contributed by atoms with Gasteiger partial charge in [-0.1, -0.05) is 18.2 Å². The van der Waals surface area contributed by atoms with Gasteiger partial charge in [-0.25, -0.2) is 9.78 Å². The third-order valence-electron chi connectivity index (χ3n) is 6.45. The Kier molecular flexibility index (Phi) is 6.53. The first-order valence-corrected chi connectivity index (χ1v) is 11.9. The highest BCUT2D eigenvalue weighted by molar-refractivity contribution is 6.12. The second-order valence-corrected chi connectivity index (χ2v) is 8.81. The molecular formula is C27H26N4O5. The number of benzene rings is 2. The Morgan fingerprint density at radius 2 is 1.58 bits per heavy atom. The third-order valence-corrected chi connectivity index (χ3v) is 6.45. The smallest absolute Gasteiger partial charge is 0.331 e. The first-order valence-electron chi connectivity index (χ1n) is 11.9. The summed E-state index contributed by atoms with van der Waals surface area (Å²) >= 11 is 0. The number of para-hydroxylation sites is 1. The Hall–Kier alpha value is -4.40. The van der Waals surface area contributed by atoms with Gasteiger partial charge in [-0.2, -0.15) is 0 Å². The van der Waals surface area contributed by atoms with Crippen LogP contribution >= 0.6 is 0 Å². The van der Waals surface area contributed by atoms with Crippen molar-refractivity contribution >= 4 is 23.5 Å². The normalized spacial score (nSPS) is 19.9. The van der Waals surface area contributed by atoms with Gasteiger partial charge in [-0.05, 0) is 74.2 Å². The van der Waals surface area contributed by atoms with Crippen molar-refractivity contribution in [2.45, 2.75) is 37.8 Å². The summed E-state index contributed by atoms with van der Waals surface area (Å²) < 4.78 is 11.7. The molecule has 9 heteroatoms. The van der Waals surface area contributed by atoms with Gasteiger partial charge < -0.3 is 15.2 Å². The van der Waals surface area contributed by atoms with Crippen molar-refractivity contribution in [3.8, 4) is 17.4 Å². The van der Waals surface area contributed by atoms with Crippen molar-refractivity contribution in [2.24, 2.45) is 5.73 Å². The van der Waals surface area contributed by atoms with Crippen LogP contribution in [0.1, 0.15) is 36.0 Å². The largest absolute Gasteiger partial charge is 0.474 e. The molecule has 0 spiro atoms. The SMILES string of the molecule is NC(=O)c1cccnc1O[C@H]1CC[C@H](N2C(=O)CN(c3ccc(Oc4ccccc4)cc3)C2=O)CC1. The molecule has 2 N–H and O–H groups in total. The Morgan fingerprint density at radius 1 is 0.889 bits per heavy atom. The Labute approximate surface area is 208 Å². The zero-order valence-corrected chi connectivity index (χ0v) is 19.6. The maximum atomic E-state index is 13.2. The van der Waals surface area contributed by atoms with E-state index in [0.29, 0.717) is 37.1 Å². The summed E-state index contributed by atoms with van der Waals surface area (Å²) in [4.78, 5) is 44.6. The van der Waals surface area contributed by atoms with E-state index in [2.05, 4.69) is 4.98 Å². The van der Waals surface area contributed by atoms with E-state index in [-0.39, 0.29) is 42.1 Å². The number of hydrogen-bond donors (Lipinski definition) is 1. The Balaban J connectivity index is 1.20. The van der Waals surface area contributed by atoms with Gasteiger partial charge in [0.25, 0.3) is 11.8 Å². The van der Waals surface area contributed by atoms with Crippen molar-refractivity contribution < 1.29 is 23.9 Å². The lowest BCUT2D eigenvalue weighted by Gasteiger charge is -2.33. The summed E-state index contributed by atoms with van der Waals surface area (Å²) in [5.41, 5.74) is 6.28. The minimum atomic E-state index is -0.597. The molecule has 184 valence electrons.